The van der Waals surface area contributed by atoms with Crippen LogP contribution in [0, 0.1) is 0 Å². The van der Waals surface area contributed by atoms with Gasteiger partial charge in [0.05, 0.1) is 12.6 Å². The van der Waals surface area contributed by atoms with E-state index in [0.29, 0.717) is 6.01 Å². The van der Waals surface area contributed by atoms with Crippen LogP contribution in [0.25, 0.3) is 0 Å². The topological polar surface area (TPSA) is 51.4 Å². The molecule has 1 aliphatic rings. The number of hydrogen-bond acceptors (Lipinski definition) is 6. The SMILES string of the molecule is CC(C)c1noc(N2C[C@@H](C)O[C@H](c3ccsc3)C2)n1. The van der Waals surface area contributed by atoms with Gasteiger partial charge in [-0.25, -0.2) is 0 Å². The van der Waals surface area contributed by atoms with Crippen LogP contribution in [-0.2, 0) is 4.74 Å². The molecule has 1 saturated heterocycles. The molecule has 0 spiro atoms. The standard InChI is InChI=1S/C14H19N3O2S/c1-9(2)13-15-14(19-16-13)17-6-10(3)18-12(7-17)11-4-5-20-8-11/h4-5,8-10,12H,6-7H2,1-3H3/t10-,12+/m1/s1. The number of ether oxygens (including phenoxy) is 1. The summed E-state index contributed by atoms with van der Waals surface area (Å²) in [5.74, 6) is 1.03. The van der Waals surface area contributed by atoms with E-state index in [1.807, 2.05) is 0 Å². The second-order valence-corrected chi connectivity index (χ2v) is 6.27. The molecule has 2 atom stereocenters. The molecule has 0 amide bonds. The van der Waals surface area contributed by atoms with E-state index in [1.165, 1.54) is 5.56 Å². The van der Waals surface area contributed by atoms with Crippen LogP contribution in [0.1, 0.15) is 44.2 Å². The van der Waals surface area contributed by atoms with Crippen molar-refractivity contribution in [2.45, 2.75) is 38.9 Å². The van der Waals surface area contributed by atoms with Crippen LogP contribution in [-0.4, -0.2) is 29.3 Å². The van der Waals surface area contributed by atoms with Gasteiger partial charge in [0.2, 0.25) is 0 Å². The Bertz CT molecular complexity index is 553. The van der Waals surface area contributed by atoms with Crippen LogP contribution in [0.4, 0.5) is 6.01 Å². The van der Waals surface area contributed by atoms with Crippen LogP contribution in [0.15, 0.2) is 21.3 Å². The van der Waals surface area contributed by atoms with E-state index < -0.39 is 0 Å². The minimum absolute atomic E-state index is 0.0689. The van der Waals surface area contributed by atoms with Gasteiger partial charge in [0, 0.05) is 12.5 Å². The molecule has 3 rings (SSSR count). The number of hydrogen-bond donors (Lipinski definition) is 0. The largest absolute Gasteiger partial charge is 0.367 e. The maximum Gasteiger partial charge on any atom is 0.324 e. The van der Waals surface area contributed by atoms with Gasteiger partial charge in [-0.3, -0.25) is 0 Å². The highest BCUT2D eigenvalue weighted by Gasteiger charge is 2.29. The molecule has 0 aliphatic carbocycles. The monoisotopic (exact) mass is 293 g/mol. The zero-order chi connectivity index (χ0) is 14.1. The molecule has 0 unspecified atom stereocenters. The average molecular weight is 293 g/mol. The lowest BCUT2D eigenvalue weighted by Crippen LogP contribution is -2.43. The summed E-state index contributed by atoms with van der Waals surface area (Å²) in [5.41, 5.74) is 1.22. The molecular formula is C14H19N3O2S. The molecule has 0 radical (unpaired) electrons. The van der Waals surface area contributed by atoms with Crippen molar-refractivity contribution in [1.29, 1.82) is 0 Å². The summed E-state index contributed by atoms with van der Waals surface area (Å²) >= 11 is 1.69. The molecule has 0 N–H and O–H groups in total. The van der Waals surface area contributed by atoms with E-state index in [0.717, 1.165) is 18.9 Å². The minimum Gasteiger partial charge on any atom is -0.367 e. The molecule has 3 heterocycles. The van der Waals surface area contributed by atoms with Gasteiger partial charge in [0.1, 0.15) is 6.10 Å². The first-order valence-corrected chi connectivity index (χ1v) is 7.84. The molecule has 20 heavy (non-hydrogen) atoms. The van der Waals surface area contributed by atoms with Crippen molar-refractivity contribution in [2.24, 2.45) is 0 Å². The Kier molecular flexibility index (Phi) is 3.76. The zero-order valence-corrected chi connectivity index (χ0v) is 12.8. The fraction of sp³-hybridized carbons (Fsp3) is 0.571. The van der Waals surface area contributed by atoms with Crippen molar-refractivity contribution in [3.05, 3.63) is 28.2 Å². The van der Waals surface area contributed by atoms with Gasteiger partial charge >= 0.3 is 6.01 Å². The van der Waals surface area contributed by atoms with Crippen molar-refractivity contribution >= 4 is 17.4 Å². The van der Waals surface area contributed by atoms with E-state index in [4.69, 9.17) is 9.26 Å². The molecule has 2 aromatic heterocycles. The molecule has 0 bridgehead atoms. The van der Waals surface area contributed by atoms with Gasteiger partial charge in [0.25, 0.3) is 0 Å². The van der Waals surface area contributed by atoms with Crippen molar-refractivity contribution in [3.8, 4) is 0 Å². The Hall–Kier alpha value is -1.40. The summed E-state index contributed by atoms with van der Waals surface area (Å²) in [5, 5.41) is 8.25. The number of aromatic nitrogens is 2. The van der Waals surface area contributed by atoms with Crippen molar-refractivity contribution < 1.29 is 9.26 Å². The third-order valence-corrected chi connectivity index (χ3v) is 4.09. The number of nitrogens with zero attached hydrogens (tertiary/aromatic N) is 3. The molecule has 0 aromatic carbocycles. The second-order valence-electron chi connectivity index (χ2n) is 5.49. The van der Waals surface area contributed by atoms with Crippen molar-refractivity contribution in [3.63, 3.8) is 0 Å². The number of morpholine rings is 1. The second kappa shape index (κ2) is 5.54. The molecular weight excluding hydrogens is 274 g/mol. The van der Waals surface area contributed by atoms with E-state index >= 15 is 0 Å². The maximum atomic E-state index is 6.01. The molecule has 0 saturated carbocycles. The summed E-state index contributed by atoms with van der Waals surface area (Å²) in [4.78, 5) is 6.60. The van der Waals surface area contributed by atoms with Gasteiger partial charge in [-0.2, -0.15) is 16.3 Å². The summed E-state index contributed by atoms with van der Waals surface area (Å²) in [6.07, 6.45) is 0.211. The molecule has 2 aromatic rings. The van der Waals surface area contributed by atoms with Gasteiger partial charge in [-0.1, -0.05) is 19.0 Å². The maximum absolute atomic E-state index is 6.01. The zero-order valence-electron chi connectivity index (χ0n) is 11.9. The summed E-state index contributed by atoms with van der Waals surface area (Å²) in [6.45, 7) is 7.72. The Balaban J connectivity index is 1.78. The van der Waals surface area contributed by atoms with Gasteiger partial charge in [0.15, 0.2) is 5.82 Å². The molecule has 1 fully saturated rings. The molecule has 108 valence electrons. The van der Waals surface area contributed by atoms with Crippen molar-refractivity contribution in [2.75, 3.05) is 18.0 Å². The average Bonchev–Trinajstić information content (AvgIpc) is 3.10. The van der Waals surface area contributed by atoms with Gasteiger partial charge < -0.3 is 14.2 Å². The van der Waals surface area contributed by atoms with Crippen LogP contribution < -0.4 is 4.90 Å². The van der Waals surface area contributed by atoms with E-state index in [9.17, 15) is 0 Å². The lowest BCUT2D eigenvalue weighted by atomic mass is 10.1. The summed E-state index contributed by atoms with van der Waals surface area (Å²) in [6, 6.07) is 2.71. The number of rotatable bonds is 3. The Labute approximate surface area is 122 Å². The van der Waals surface area contributed by atoms with Crippen LogP contribution in [0.2, 0.25) is 0 Å². The Morgan fingerprint density at radius 2 is 2.25 bits per heavy atom. The fourth-order valence-corrected chi connectivity index (χ4v) is 3.04. The highest BCUT2D eigenvalue weighted by atomic mass is 32.1. The third-order valence-electron chi connectivity index (χ3n) is 3.39. The molecule has 1 aliphatic heterocycles. The quantitative estimate of drug-likeness (QED) is 0.869. The number of anilines is 1. The van der Waals surface area contributed by atoms with Crippen molar-refractivity contribution in [1.82, 2.24) is 10.1 Å². The highest BCUT2D eigenvalue weighted by Crippen LogP contribution is 2.29. The van der Waals surface area contributed by atoms with E-state index in [1.54, 1.807) is 11.3 Å². The molecule has 5 nitrogen and oxygen atoms in total. The summed E-state index contributed by atoms with van der Waals surface area (Å²) in [7, 11) is 0. The predicted octanol–water partition coefficient (Wildman–Crippen LogP) is 3.22. The Morgan fingerprint density at radius 1 is 1.40 bits per heavy atom. The Morgan fingerprint density at radius 3 is 2.90 bits per heavy atom. The minimum atomic E-state index is 0.0689. The lowest BCUT2D eigenvalue weighted by molar-refractivity contribution is -0.0188. The van der Waals surface area contributed by atoms with Crippen LogP contribution >= 0.6 is 11.3 Å². The first kappa shape index (κ1) is 13.6. The first-order valence-electron chi connectivity index (χ1n) is 6.89. The fourth-order valence-electron chi connectivity index (χ4n) is 2.34. The van der Waals surface area contributed by atoms with Crippen LogP contribution in [0.5, 0.6) is 0 Å². The smallest absolute Gasteiger partial charge is 0.324 e. The highest BCUT2D eigenvalue weighted by molar-refractivity contribution is 7.07. The van der Waals surface area contributed by atoms with Crippen LogP contribution in [0.3, 0.4) is 0 Å². The van der Waals surface area contributed by atoms with E-state index in [-0.39, 0.29) is 18.1 Å². The first-order chi connectivity index (χ1) is 9.63. The predicted molar refractivity (Wildman–Crippen MR) is 78.2 cm³/mol. The third kappa shape index (κ3) is 2.71. The number of thiophene rings is 1. The lowest BCUT2D eigenvalue weighted by Gasteiger charge is -2.35. The normalized spacial score (nSPS) is 23.5. The summed E-state index contributed by atoms with van der Waals surface area (Å²) < 4.78 is 11.4. The van der Waals surface area contributed by atoms with E-state index in [2.05, 4.69) is 52.6 Å². The van der Waals surface area contributed by atoms with Gasteiger partial charge in [-0.15, -0.1) is 0 Å². The van der Waals surface area contributed by atoms with Gasteiger partial charge in [-0.05, 0) is 29.3 Å². The molecule has 6 heteroatoms.